The quantitative estimate of drug-likeness (QED) is 0.609. The molecule has 2 atom stereocenters. The normalized spacial score (nSPS) is 17.6. The molecule has 0 bridgehead atoms. The van der Waals surface area contributed by atoms with Crippen LogP contribution in [0.25, 0.3) is 0 Å². The predicted molar refractivity (Wildman–Crippen MR) is 50.1 cm³/mol. The van der Waals surface area contributed by atoms with Gasteiger partial charge in [-0.2, -0.15) is 0 Å². The van der Waals surface area contributed by atoms with Gasteiger partial charge in [0.25, 0.3) is 0 Å². The van der Waals surface area contributed by atoms with Crippen molar-refractivity contribution in [1.82, 2.24) is 0 Å². The maximum Gasteiger partial charge on any atom is 0.313 e. The van der Waals surface area contributed by atoms with Gasteiger partial charge >= 0.3 is 5.97 Å². The monoisotopic (exact) mass is 189 g/mol. The standard InChI is InChI=1S/C9H19NO3/c1-4-13-8(12)9(3,6-10)5-7(2)11/h7,11H,4-6,10H2,1-3H3. The topological polar surface area (TPSA) is 72.5 Å². The number of aliphatic hydroxyl groups is 1. The van der Waals surface area contributed by atoms with Gasteiger partial charge in [-0.05, 0) is 27.2 Å². The molecule has 0 radical (unpaired) electrons. The van der Waals surface area contributed by atoms with Gasteiger partial charge in [0, 0.05) is 6.54 Å². The Kier molecular flexibility index (Phi) is 4.95. The molecule has 3 N–H and O–H groups in total. The number of nitrogens with two attached hydrogens (primary N) is 1. The first-order chi connectivity index (χ1) is 5.96. The van der Waals surface area contributed by atoms with Crippen LogP contribution in [-0.4, -0.2) is 30.3 Å². The zero-order valence-corrected chi connectivity index (χ0v) is 8.54. The highest BCUT2D eigenvalue weighted by molar-refractivity contribution is 5.76. The predicted octanol–water partition coefficient (Wildman–Crippen LogP) is 0.285. The third kappa shape index (κ3) is 3.74. The SMILES string of the molecule is CCOC(=O)C(C)(CN)CC(C)O. The van der Waals surface area contributed by atoms with E-state index in [4.69, 9.17) is 10.5 Å². The number of aliphatic hydroxyl groups excluding tert-OH is 1. The first-order valence-electron chi connectivity index (χ1n) is 4.51. The van der Waals surface area contributed by atoms with E-state index in [2.05, 4.69) is 0 Å². The molecule has 2 unspecified atom stereocenters. The summed E-state index contributed by atoms with van der Waals surface area (Å²) in [4.78, 5) is 11.4. The summed E-state index contributed by atoms with van der Waals surface area (Å²) in [6.45, 7) is 5.62. The zero-order valence-electron chi connectivity index (χ0n) is 8.54. The fourth-order valence-electron chi connectivity index (χ4n) is 1.21. The van der Waals surface area contributed by atoms with Crippen LogP contribution in [0.4, 0.5) is 0 Å². The second-order valence-corrected chi connectivity index (χ2v) is 3.54. The third-order valence-corrected chi connectivity index (χ3v) is 1.96. The number of carbonyl (C=O) groups is 1. The van der Waals surface area contributed by atoms with Crippen LogP contribution in [0.15, 0.2) is 0 Å². The van der Waals surface area contributed by atoms with Crippen molar-refractivity contribution in [3.8, 4) is 0 Å². The van der Waals surface area contributed by atoms with E-state index in [0.717, 1.165) is 0 Å². The van der Waals surface area contributed by atoms with Crippen LogP contribution in [0.5, 0.6) is 0 Å². The lowest BCUT2D eigenvalue weighted by molar-refractivity contribution is -0.155. The van der Waals surface area contributed by atoms with E-state index in [0.29, 0.717) is 13.0 Å². The average molecular weight is 189 g/mol. The minimum atomic E-state index is -0.760. The molecule has 0 aromatic rings. The van der Waals surface area contributed by atoms with Crippen molar-refractivity contribution in [3.63, 3.8) is 0 Å². The van der Waals surface area contributed by atoms with Crippen LogP contribution >= 0.6 is 0 Å². The highest BCUT2D eigenvalue weighted by Gasteiger charge is 2.34. The van der Waals surface area contributed by atoms with Crippen LogP contribution in [0.1, 0.15) is 27.2 Å². The molecule has 0 saturated carbocycles. The summed E-state index contributed by atoms with van der Waals surface area (Å²) < 4.78 is 4.87. The van der Waals surface area contributed by atoms with E-state index < -0.39 is 11.5 Å². The summed E-state index contributed by atoms with van der Waals surface area (Å²) in [6.07, 6.45) is -0.208. The van der Waals surface area contributed by atoms with E-state index >= 15 is 0 Å². The molecule has 0 amide bonds. The van der Waals surface area contributed by atoms with Gasteiger partial charge in [0.05, 0.1) is 18.1 Å². The summed E-state index contributed by atoms with van der Waals surface area (Å²) in [6, 6.07) is 0. The van der Waals surface area contributed by atoms with Crippen LogP contribution in [0, 0.1) is 5.41 Å². The first-order valence-corrected chi connectivity index (χ1v) is 4.51. The fraction of sp³-hybridized carbons (Fsp3) is 0.889. The molecule has 13 heavy (non-hydrogen) atoms. The molecule has 0 spiro atoms. The van der Waals surface area contributed by atoms with Crippen molar-refractivity contribution >= 4 is 5.97 Å². The lowest BCUT2D eigenvalue weighted by Gasteiger charge is -2.26. The molecule has 4 nitrogen and oxygen atoms in total. The number of esters is 1. The van der Waals surface area contributed by atoms with Crippen molar-refractivity contribution < 1.29 is 14.6 Å². The summed E-state index contributed by atoms with van der Waals surface area (Å²) in [5.74, 6) is -0.335. The molecule has 0 saturated heterocycles. The fourth-order valence-corrected chi connectivity index (χ4v) is 1.21. The molecule has 0 rings (SSSR count). The highest BCUT2D eigenvalue weighted by atomic mass is 16.5. The molecule has 0 heterocycles. The van der Waals surface area contributed by atoms with Gasteiger partial charge in [0.2, 0.25) is 0 Å². The van der Waals surface area contributed by atoms with Gasteiger partial charge in [0.15, 0.2) is 0 Å². The van der Waals surface area contributed by atoms with Gasteiger partial charge in [-0.3, -0.25) is 4.79 Å². The van der Waals surface area contributed by atoms with Crippen molar-refractivity contribution in [2.75, 3.05) is 13.2 Å². The van der Waals surface area contributed by atoms with Crippen molar-refractivity contribution in [2.24, 2.45) is 11.1 Å². The maximum atomic E-state index is 11.4. The molecule has 4 heteroatoms. The second-order valence-electron chi connectivity index (χ2n) is 3.54. The van der Waals surface area contributed by atoms with Gasteiger partial charge in [0.1, 0.15) is 0 Å². The number of ether oxygens (including phenoxy) is 1. The molecule has 0 aliphatic carbocycles. The van der Waals surface area contributed by atoms with Crippen molar-refractivity contribution in [1.29, 1.82) is 0 Å². The van der Waals surface area contributed by atoms with E-state index in [1.807, 2.05) is 0 Å². The molecule has 0 aromatic heterocycles. The Morgan fingerprint density at radius 1 is 1.69 bits per heavy atom. The molecular formula is C9H19NO3. The Hall–Kier alpha value is -0.610. The molecule has 0 aliphatic rings. The van der Waals surface area contributed by atoms with E-state index in [1.165, 1.54) is 0 Å². The maximum absolute atomic E-state index is 11.4. The number of hydrogen-bond acceptors (Lipinski definition) is 4. The Bertz CT molecular complexity index is 170. The third-order valence-electron chi connectivity index (χ3n) is 1.96. The van der Waals surface area contributed by atoms with Gasteiger partial charge in [-0.15, -0.1) is 0 Å². The Balaban J connectivity index is 4.33. The van der Waals surface area contributed by atoms with Crippen molar-refractivity contribution in [3.05, 3.63) is 0 Å². The smallest absolute Gasteiger partial charge is 0.313 e. The number of rotatable bonds is 5. The average Bonchev–Trinajstić information content (AvgIpc) is 2.03. The summed E-state index contributed by atoms with van der Waals surface area (Å²) in [5, 5.41) is 9.17. The molecular weight excluding hydrogens is 170 g/mol. The minimum Gasteiger partial charge on any atom is -0.466 e. The van der Waals surface area contributed by atoms with Crippen molar-refractivity contribution in [2.45, 2.75) is 33.3 Å². The number of carbonyl (C=O) groups excluding carboxylic acids is 1. The Morgan fingerprint density at radius 3 is 2.54 bits per heavy atom. The molecule has 0 fully saturated rings. The number of hydrogen-bond donors (Lipinski definition) is 2. The van der Waals surface area contributed by atoms with E-state index in [9.17, 15) is 9.90 Å². The van der Waals surface area contributed by atoms with E-state index in [-0.39, 0.29) is 12.5 Å². The zero-order chi connectivity index (χ0) is 10.5. The van der Waals surface area contributed by atoms with Crippen LogP contribution < -0.4 is 5.73 Å². The van der Waals surface area contributed by atoms with Crippen LogP contribution in [0.3, 0.4) is 0 Å². The van der Waals surface area contributed by atoms with Crippen LogP contribution in [-0.2, 0) is 9.53 Å². The highest BCUT2D eigenvalue weighted by Crippen LogP contribution is 2.23. The van der Waals surface area contributed by atoms with Gasteiger partial charge < -0.3 is 15.6 Å². The van der Waals surface area contributed by atoms with Gasteiger partial charge in [-0.25, -0.2) is 0 Å². The summed E-state index contributed by atoms with van der Waals surface area (Å²) >= 11 is 0. The Labute approximate surface area is 79.1 Å². The minimum absolute atomic E-state index is 0.191. The first kappa shape index (κ1) is 12.4. The van der Waals surface area contributed by atoms with Crippen LogP contribution in [0.2, 0.25) is 0 Å². The Morgan fingerprint density at radius 2 is 2.23 bits per heavy atom. The lowest BCUT2D eigenvalue weighted by atomic mass is 9.85. The van der Waals surface area contributed by atoms with Gasteiger partial charge in [-0.1, -0.05) is 0 Å². The van der Waals surface area contributed by atoms with E-state index in [1.54, 1.807) is 20.8 Å². The largest absolute Gasteiger partial charge is 0.466 e. The molecule has 0 aromatic carbocycles. The lowest BCUT2D eigenvalue weighted by Crippen LogP contribution is -2.39. The second kappa shape index (κ2) is 5.19. The molecule has 0 aliphatic heterocycles. The summed E-state index contributed by atoms with van der Waals surface area (Å²) in [5.41, 5.74) is 4.71. The summed E-state index contributed by atoms with van der Waals surface area (Å²) in [7, 11) is 0. The molecule has 78 valence electrons.